The molecule has 0 bridgehead atoms. The van der Waals surface area contributed by atoms with Crippen LogP contribution < -0.4 is 5.32 Å². The van der Waals surface area contributed by atoms with Gasteiger partial charge < -0.3 is 20.5 Å². The van der Waals surface area contributed by atoms with Crippen molar-refractivity contribution in [1.82, 2.24) is 15.3 Å². The molecule has 0 saturated heterocycles. The standard InChI is InChI=1S/C11H15N3O2/c1-12-6-9(15)10(16)11-13-7-4-2-3-5-8(7)14-11/h2-5,9-10,12,15-16H,6H2,1H3,(H,13,14). The van der Waals surface area contributed by atoms with Crippen LogP contribution in [0.4, 0.5) is 0 Å². The SMILES string of the molecule is CNCC(O)C(O)c1nc2ccccc2[nH]1. The van der Waals surface area contributed by atoms with Crippen molar-refractivity contribution in [2.75, 3.05) is 13.6 Å². The summed E-state index contributed by atoms with van der Waals surface area (Å²) in [4.78, 5) is 7.21. The number of hydrogen-bond acceptors (Lipinski definition) is 4. The zero-order chi connectivity index (χ0) is 11.5. The third-order valence-electron chi connectivity index (χ3n) is 2.47. The highest BCUT2D eigenvalue weighted by Gasteiger charge is 2.20. The lowest BCUT2D eigenvalue weighted by molar-refractivity contribution is 0.0156. The number of imidazole rings is 1. The summed E-state index contributed by atoms with van der Waals surface area (Å²) >= 11 is 0. The lowest BCUT2D eigenvalue weighted by atomic mass is 10.2. The zero-order valence-electron chi connectivity index (χ0n) is 9.01. The topological polar surface area (TPSA) is 81.2 Å². The number of rotatable bonds is 4. The smallest absolute Gasteiger partial charge is 0.139 e. The van der Waals surface area contributed by atoms with Gasteiger partial charge in [-0.3, -0.25) is 0 Å². The van der Waals surface area contributed by atoms with E-state index in [-0.39, 0.29) is 0 Å². The molecule has 0 aliphatic carbocycles. The van der Waals surface area contributed by atoms with Gasteiger partial charge in [-0.25, -0.2) is 4.98 Å². The Bertz CT molecular complexity index is 436. The fourth-order valence-corrected chi connectivity index (χ4v) is 1.62. The maximum absolute atomic E-state index is 9.84. The van der Waals surface area contributed by atoms with Gasteiger partial charge in [0, 0.05) is 6.54 Å². The third-order valence-corrected chi connectivity index (χ3v) is 2.47. The number of para-hydroxylation sites is 2. The van der Waals surface area contributed by atoms with Crippen LogP contribution in [0.15, 0.2) is 24.3 Å². The number of aromatic nitrogens is 2. The van der Waals surface area contributed by atoms with Crippen molar-refractivity contribution in [3.8, 4) is 0 Å². The molecule has 1 heterocycles. The summed E-state index contributed by atoms with van der Waals surface area (Å²) in [5.74, 6) is 0.393. The molecule has 5 nitrogen and oxygen atoms in total. The number of aromatic amines is 1. The van der Waals surface area contributed by atoms with Crippen LogP contribution in [0.25, 0.3) is 11.0 Å². The molecule has 2 unspecified atom stereocenters. The molecule has 0 spiro atoms. The van der Waals surface area contributed by atoms with Crippen molar-refractivity contribution in [3.63, 3.8) is 0 Å². The summed E-state index contributed by atoms with van der Waals surface area (Å²) < 4.78 is 0. The van der Waals surface area contributed by atoms with Gasteiger partial charge in [-0.05, 0) is 19.2 Å². The molecule has 2 rings (SSSR count). The van der Waals surface area contributed by atoms with Gasteiger partial charge in [-0.2, -0.15) is 0 Å². The maximum atomic E-state index is 9.84. The first-order valence-corrected chi connectivity index (χ1v) is 5.17. The van der Waals surface area contributed by atoms with E-state index >= 15 is 0 Å². The summed E-state index contributed by atoms with van der Waals surface area (Å²) in [7, 11) is 1.72. The van der Waals surface area contributed by atoms with E-state index in [1.807, 2.05) is 24.3 Å². The molecule has 1 aromatic heterocycles. The molecule has 2 aromatic rings. The largest absolute Gasteiger partial charge is 0.389 e. The molecule has 0 aliphatic heterocycles. The quantitative estimate of drug-likeness (QED) is 0.593. The Balaban J connectivity index is 2.26. The normalized spacial score (nSPS) is 15.2. The second-order valence-corrected chi connectivity index (χ2v) is 3.71. The van der Waals surface area contributed by atoms with E-state index in [0.29, 0.717) is 12.4 Å². The van der Waals surface area contributed by atoms with Crippen molar-refractivity contribution in [3.05, 3.63) is 30.1 Å². The second kappa shape index (κ2) is 4.61. The molecule has 0 aliphatic rings. The third kappa shape index (κ3) is 2.06. The minimum atomic E-state index is -1.00. The summed E-state index contributed by atoms with van der Waals surface area (Å²) in [6, 6.07) is 7.50. The van der Waals surface area contributed by atoms with Gasteiger partial charge in [0.1, 0.15) is 11.9 Å². The first-order chi connectivity index (χ1) is 7.72. The predicted molar refractivity (Wildman–Crippen MR) is 61.0 cm³/mol. The molecule has 4 N–H and O–H groups in total. The Morgan fingerprint density at radius 1 is 1.38 bits per heavy atom. The number of fused-ring (bicyclic) bond motifs is 1. The fraction of sp³-hybridized carbons (Fsp3) is 0.364. The second-order valence-electron chi connectivity index (χ2n) is 3.71. The molecule has 0 fully saturated rings. The van der Waals surface area contributed by atoms with Crippen LogP contribution >= 0.6 is 0 Å². The number of nitrogens with zero attached hydrogens (tertiary/aromatic N) is 1. The first kappa shape index (κ1) is 11.1. The number of likely N-dealkylation sites (N-methyl/N-ethyl adjacent to an activating group) is 1. The number of aliphatic hydroxyl groups is 2. The van der Waals surface area contributed by atoms with E-state index in [1.54, 1.807) is 7.05 Å². The Hall–Kier alpha value is -1.43. The van der Waals surface area contributed by atoms with Gasteiger partial charge in [0.05, 0.1) is 17.1 Å². The Kier molecular flexibility index (Phi) is 3.19. The van der Waals surface area contributed by atoms with Gasteiger partial charge in [0.15, 0.2) is 0 Å². The van der Waals surface area contributed by atoms with E-state index in [9.17, 15) is 10.2 Å². The van der Waals surface area contributed by atoms with Crippen LogP contribution in [-0.4, -0.2) is 39.9 Å². The molecular formula is C11H15N3O2. The van der Waals surface area contributed by atoms with Crippen LogP contribution in [0.5, 0.6) is 0 Å². The highest BCUT2D eigenvalue weighted by atomic mass is 16.3. The average molecular weight is 221 g/mol. The molecular weight excluding hydrogens is 206 g/mol. The van der Waals surface area contributed by atoms with Crippen molar-refractivity contribution < 1.29 is 10.2 Å². The minimum Gasteiger partial charge on any atom is -0.389 e. The maximum Gasteiger partial charge on any atom is 0.139 e. The zero-order valence-corrected chi connectivity index (χ0v) is 9.01. The molecule has 16 heavy (non-hydrogen) atoms. The summed E-state index contributed by atoms with van der Waals surface area (Å²) in [6.07, 6.45) is -1.87. The van der Waals surface area contributed by atoms with E-state index in [2.05, 4.69) is 15.3 Å². The van der Waals surface area contributed by atoms with Crippen LogP contribution in [-0.2, 0) is 0 Å². The molecule has 86 valence electrons. The van der Waals surface area contributed by atoms with Crippen LogP contribution in [0.3, 0.4) is 0 Å². The number of benzene rings is 1. The fourth-order valence-electron chi connectivity index (χ4n) is 1.62. The highest BCUT2D eigenvalue weighted by Crippen LogP contribution is 2.17. The van der Waals surface area contributed by atoms with Gasteiger partial charge in [0.2, 0.25) is 0 Å². The number of nitrogens with one attached hydrogen (secondary N) is 2. The van der Waals surface area contributed by atoms with Crippen molar-refractivity contribution in [2.45, 2.75) is 12.2 Å². The molecule has 5 heteroatoms. The Labute approximate surface area is 93.1 Å². The highest BCUT2D eigenvalue weighted by molar-refractivity contribution is 5.74. The molecule has 1 aromatic carbocycles. The van der Waals surface area contributed by atoms with E-state index < -0.39 is 12.2 Å². The predicted octanol–water partition coefficient (Wildman–Crippen LogP) is 0.177. The summed E-state index contributed by atoms with van der Waals surface area (Å²) in [6.45, 7) is 0.318. The Morgan fingerprint density at radius 2 is 2.12 bits per heavy atom. The number of H-pyrrole nitrogens is 1. The van der Waals surface area contributed by atoms with Crippen LogP contribution in [0.1, 0.15) is 11.9 Å². The average Bonchev–Trinajstić information content (AvgIpc) is 2.71. The van der Waals surface area contributed by atoms with Gasteiger partial charge in [-0.15, -0.1) is 0 Å². The van der Waals surface area contributed by atoms with E-state index in [1.165, 1.54) is 0 Å². The van der Waals surface area contributed by atoms with Gasteiger partial charge in [0.25, 0.3) is 0 Å². The number of hydrogen-bond donors (Lipinski definition) is 4. The van der Waals surface area contributed by atoms with Crippen LogP contribution in [0, 0.1) is 0 Å². The van der Waals surface area contributed by atoms with E-state index in [0.717, 1.165) is 11.0 Å². The number of aliphatic hydroxyl groups excluding tert-OH is 2. The van der Waals surface area contributed by atoms with Crippen LogP contribution in [0.2, 0.25) is 0 Å². The van der Waals surface area contributed by atoms with Gasteiger partial charge in [-0.1, -0.05) is 12.1 Å². The van der Waals surface area contributed by atoms with E-state index in [4.69, 9.17) is 0 Å². The molecule has 0 saturated carbocycles. The van der Waals surface area contributed by atoms with Crippen molar-refractivity contribution >= 4 is 11.0 Å². The minimum absolute atomic E-state index is 0.318. The summed E-state index contributed by atoms with van der Waals surface area (Å²) in [5.41, 5.74) is 1.64. The monoisotopic (exact) mass is 221 g/mol. The van der Waals surface area contributed by atoms with Crippen molar-refractivity contribution in [1.29, 1.82) is 0 Å². The molecule has 0 radical (unpaired) electrons. The van der Waals surface area contributed by atoms with Crippen molar-refractivity contribution in [2.24, 2.45) is 0 Å². The summed E-state index contributed by atoms with van der Waals surface area (Å²) in [5, 5.41) is 22.3. The molecule has 0 amide bonds. The van der Waals surface area contributed by atoms with Gasteiger partial charge >= 0.3 is 0 Å². The first-order valence-electron chi connectivity index (χ1n) is 5.17. The lowest BCUT2D eigenvalue weighted by Gasteiger charge is -2.14. The lowest BCUT2D eigenvalue weighted by Crippen LogP contribution is -2.30. The molecule has 2 atom stereocenters. The Morgan fingerprint density at radius 3 is 2.81 bits per heavy atom.